The molecular weight excluding hydrogens is 431 g/mol. The number of ether oxygens (including phenoxy) is 1. The van der Waals surface area contributed by atoms with Crippen molar-refractivity contribution in [1.29, 1.82) is 0 Å². The molecule has 2 amide bonds. The number of anilines is 2. The number of cyclic esters (lactones) is 1. The summed E-state index contributed by atoms with van der Waals surface area (Å²) in [5.74, 6) is -1.46. The van der Waals surface area contributed by atoms with Gasteiger partial charge < -0.3 is 15.4 Å². The van der Waals surface area contributed by atoms with E-state index in [4.69, 9.17) is 17.0 Å². The van der Waals surface area contributed by atoms with Crippen LogP contribution < -0.4 is 15.5 Å². The van der Waals surface area contributed by atoms with Gasteiger partial charge in [-0.25, -0.2) is 14.2 Å². The fourth-order valence-corrected chi connectivity index (χ4v) is 3.32. The van der Waals surface area contributed by atoms with Gasteiger partial charge in [-0.3, -0.25) is 13.9 Å². The Kier molecular flexibility index (Phi) is 6.73. The number of benzene rings is 1. The molecule has 8 nitrogen and oxygen atoms in total. The van der Waals surface area contributed by atoms with Crippen LogP contribution in [0.3, 0.4) is 0 Å². The van der Waals surface area contributed by atoms with E-state index in [2.05, 4.69) is 15.6 Å². The van der Waals surface area contributed by atoms with Gasteiger partial charge in [-0.1, -0.05) is 12.2 Å². The van der Waals surface area contributed by atoms with E-state index >= 15 is 0 Å². The van der Waals surface area contributed by atoms with Crippen LogP contribution in [-0.4, -0.2) is 51.6 Å². The van der Waals surface area contributed by atoms with Crippen molar-refractivity contribution < 1.29 is 22.9 Å². The van der Waals surface area contributed by atoms with Crippen LogP contribution in [0.5, 0.6) is 0 Å². The van der Waals surface area contributed by atoms with Gasteiger partial charge >= 0.3 is 6.09 Å². The molecule has 0 aliphatic carbocycles. The predicted octanol–water partition coefficient (Wildman–Crippen LogP) is 2.47. The quantitative estimate of drug-likeness (QED) is 0.652. The van der Waals surface area contributed by atoms with E-state index < -0.39 is 34.7 Å². The lowest BCUT2D eigenvalue weighted by Crippen LogP contribution is -2.32. The van der Waals surface area contributed by atoms with Gasteiger partial charge in [0.15, 0.2) is 0 Å². The maximum Gasteiger partial charge on any atom is 0.414 e. The minimum atomic E-state index is -1.24. The molecule has 0 spiro atoms. The van der Waals surface area contributed by atoms with E-state index in [9.17, 15) is 18.2 Å². The van der Waals surface area contributed by atoms with Gasteiger partial charge in [0.2, 0.25) is 0 Å². The lowest BCUT2D eigenvalue weighted by atomic mass is 10.1. The molecule has 1 aromatic heterocycles. The van der Waals surface area contributed by atoms with Crippen molar-refractivity contribution in [2.45, 2.75) is 18.1 Å². The van der Waals surface area contributed by atoms with Gasteiger partial charge in [-0.2, -0.15) is 0 Å². The highest BCUT2D eigenvalue weighted by Gasteiger charge is 2.32. The van der Waals surface area contributed by atoms with Gasteiger partial charge in [0.1, 0.15) is 16.9 Å². The number of carbonyl (C=O) groups excluding carboxylic acids is 2. The molecule has 0 saturated carbocycles. The number of amides is 2. The van der Waals surface area contributed by atoms with Crippen molar-refractivity contribution in [2.24, 2.45) is 0 Å². The van der Waals surface area contributed by atoms with Crippen molar-refractivity contribution in [3.05, 3.63) is 47.9 Å². The highest BCUT2D eigenvalue weighted by molar-refractivity contribution is 7.84. The van der Waals surface area contributed by atoms with Crippen LogP contribution in [-0.2, 0) is 15.5 Å². The number of nitrogens with one attached hydrogen (secondary N) is 2. The molecule has 11 heteroatoms. The highest BCUT2D eigenvalue weighted by atomic mass is 32.2. The molecule has 1 aliphatic heterocycles. The first kappa shape index (κ1) is 21.8. The Morgan fingerprint density at radius 2 is 2.17 bits per heavy atom. The zero-order valence-electron chi connectivity index (χ0n) is 16.2. The number of hydrogen-bond donors (Lipinski definition) is 2. The molecule has 3 rings (SSSR count). The molecule has 0 bridgehead atoms. The number of rotatable bonds is 6. The first-order chi connectivity index (χ1) is 14.2. The lowest BCUT2D eigenvalue weighted by Gasteiger charge is -2.14. The maximum atomic E-state index is 14.6. The topological polar surface area (TPSA) is 101 Å². The van der Waals surface area contributed by atoms with Gasteiger partial charge in [0.25, 0.3) is 5.91 Å². The van der Waals surface area contributed by atoms with Crippen molar-refractivity contribution in [2.75, 3.05) is 29.6 Å². The number of thiocarbonyl (C=S) groups is 1. The third-order valence-corrected chi connectivity index (χ3v) is 5.23. The van der Waals surface area contributed by atoms with E-state index in [1.807, 2.05) is 0 Å². The zero-order valence-corrected chi connectivity index (χ0v) is 17.8. The van der Waals surface area contributed by atoms with Crippen molar-refractivity contribution in [3.63, 3.8) is 0 Å². The molecule has 2 atom stereocenters. The van der Waals surface area contributed by atoms with Gasteiger partial charge in [-0.05, 0) is 37.3 Å². The first-order valence-corrected chi connectivity index (χ1v) is 10.8. The van der Waals surface area contributed by atoms with Gasteiger partial charge in [0.05, 0.1) is 52.0 Å². The molecule has 1 aromatic carbocycles. The van der Waals surface area contributed by atoms with E-state index in [1.165, 1.54) is 41.6 Å². The number of hydrogen-bond acceptors (Lipinski definition) is 6. The Balaban J connectivity index is 1.68. The number of carbonyl (C=O) groups is 2. The van der Waals surface area contributed by atoms with Crippen LogP contribution >= 0.6 is 12.2 Å². The molecule has 0 radical (unpaired) electrons. The normalized spacial score (nSPS) is 16.7. The molecule has 1 saturated heterocycles. The average Bonchev–Trinajstić information content (AvgIpc) is 3.07. The largest absolute Gasteiger partial charge is 0.442 e. The summed E-state index contributed by atoms with van der Waals surface area (Å²) in [6.45, 7) is 2.31. The molecule has 2 heterocycles. The Morgan fingerprint density at radius 1 is 1.40 bits per heavy atom. The summed E-state index contributed by atoms with van der Waals surface area (Å²) < 4.78 is 31.2. The number of halogens is 1. The second-order valence-corrected chi connectivity index (χ2v) is 8.45. The second-order valence-electron chi connectivity index (χ2n) is 6.51. The summed E-state index contributed by atoms with van der Waals surface area (Å²) in [5.41, 5.74) is 0.432. The highest BCUT2D eigenvalue weighted by Crippen LogP contribution is 2.24. The van der Waals surface area contributed by atoms with Crippen LogP contribution in [0.1, 0.15) is 17.3 Å². The van der Waals surface area contributed by atoms with Crippen LogP contribution in [0.25, 0.3) is 0 Å². The third-order valence-electron chi connectivity index (χ3n) is 4.25. The number of aromatic nitrogens is 1. The van der Waals surface area contributed by atoms with Gasteiger partial charge in [-0.15, -0.1) is 0 Å². The summed E-state index contributed by atoms with van der Waals surface area (Å²) >= 11 is 4.93. The Bertz CT molecular complexity index is 1020. The average molecular weight is 451 g/mol. The van der Waals surface area contributed by atoms with Crippen LogP contribution in [0, 0.1) is 5.82 Å². The summed E-state index contributed by atoms with van der Waals surface area (Å²) in [6, 6.07) is 6.92. The van der Waals surface area contributed by atoms with Crippen LogP contribution in [0.2, 0.25) is 0 Å². The minimum Gasteiger partial charge on any atom is -0.442 e. The Morgan fingerprint density at radius 3 is 2.77 bits per heavy atom. The predicted molar refractivity (Wildman–Crippen MR) is 115 cm³/mol. The SMILES string of the molecule is CC(=S)NC[C@H]1CN(c2ccc(C(=O)Nc3ccc(S(C)=O)nc3)c(F)c2)C(=O)O1. The smallest absolute Gasteiger partial charge is 0.414 e. The first-order valence-electron chi connectivity index (χ1n) is 8.87. The molecule has 1 aliphatic rings. The summed E-state index contributed by atoms with van der Waals surface area (Å²) in [4.78, 5) is 30.3. The summed E-state index contributed by atoms with van der Waals surface area (Å²) in [6.07, 6.45) is 1.82. The monoisotopic (exact) mass is 450 g/mol. The lowest BCUT2D eigenvalue weighted by molar-refractivity contribution is 0.102. The molecule has 1 fully saturated rings. The van der Waals surface area contributed by atoms with Crippen molar-refractivity contribution in [3.8, 4) is 0 Å². The molecule has 2 N–H and O–H groups in total. The fourth-order valence-electron chi connectivity index (χ4n) is 2.78. The number of nitrogens with zero attached hydrogens (tertiary/aromatic N) is 2. The Hall–Kier alpha value is -2.92. The van der Waals surface area contributed by atoms with E-state index in [-0.39, 0.29) is 17.8 Å². The van der Waals surface area contributed by atoms with Crippen LogP contribution in [0.4, 0.5) is 20.6 Å². The molecular formula is C19H19FN4O4S2. The Labute approximate surface area is 180 Å². The van der Waals surface area contributed by atoms with Gasteiger partial charge in [0, 0.05) is 6.26 Å². The molecule has 2 aromatic rings. The molecule has 30 heavy (non-hydrogen) atoms. The van der Waals surface area contributed by atoms with E-state index in [1.54, 1.807) is 6.92 Å². The minimum absolute atomic E-state index is 0.191. The van der Waals surface area contributed by atoms with Crippen LogP contribution in [0.15, 0.2) is 41.6 Å². The summed E-state index contributed by atoms with van der Waals surface area (Å²) in [5, 5.41) is 5.83. The van der Waals surface area contributed by atoms with Crippen molar-refractivity contribution in [1.82, 2.24) is 10.3 Å². The number of pyridine rings is 1. The second kappa shape index (κ2) is 9.26. The molecule has 158 valence electrons. The zero-order chi connectivity index (χ0) is 21.8. The van der Waals surface area contributed by atoms with E-state index in [0.717, 1.165) is 6.07 Å². The van der Waals surface area contributed by atoms with Crippen molar-refractivity contribution >= 4 is 51.4 Å². The standard InChI is InChI=1S/C19H19FN4O4S2/c1-11(29)21-9-14-10-24(19(26)28-14)13-4-5-15(16(20)7-13)18(25)23-12-3-6-17(22-8-12)30(2)27/h3-8,14H,9-10H2,1-2H3,(H,21,29)(H,23,25)/t14-,30?/m0/s1. The third kappa shape index (κ3) is 5.16. The van der Waals surface area contributed by atoms with E-state index in [0.29, 0.717) is 22.2 Å². The summed E-state index contributed by atoms with van der Waals surface area (Å²) in [7, 11) is -1.24. The fraction of sp³-hybridized carbons (Fsp3) is 0.263. The maximum absolute atomic E-state index is 14.6. The molecule has 1 unspecified atom stereocenters.